The summed E-state index contributed by atoms with van der Waals surface area (Å²) in [6.45, 7) is 0. The molecule has 0 saturated heterocycles. The first kappa shape index (κ1) is 18.0. The van der Waals surface area contributed by atoms with Gasteiger partial charge in [0.15, 0.2) is 0 Å². The van der Waals surface area contributed by atoms with Gasteiger partial charge in [0.05, 0.1) is 0 Å². The van der Waals surface area contributed by atoms with Gasteiger partial charge in [-0.3, -0.25) is 0 Å². The molecular weight excluding hydrogens is 363 g/mol. The predicted molar refractivity (Wildman–Crippen MR) is 124 cm³/mol. The van der Waals surface area contributed by atoms with Crippen LogP contribution in [0, 0.1) is 0 Å². The van der Waals surface area contributed by atoms with E-state index in [2.05, 4.69) is 115 Å². The van der Waals surface area contributed by atoms with Crippen LogP contribution in [0.3, 0.4) is 0 Å². The van der Waals surface area contributed by atoms with Crippen molar-refractivity contribution in [1.82, 2.24) is 0 Å². The number of benzene rings is 4. The van der Waals surface area contributed by atoms with Gasteiger partial charge in [-0.15, -0.1) is 0 Å². The monoisotopic (exact) mass is 386 g/mol. The first-order chi connectivity index (χ1) is 13.3. The van der Waals surface area contributed by atoms with E-state index in [-0.39, 0.29) is 0 Å². The summed E-state index contributed by atoms with van der Waals surface area (Å²) in [5, 5.41) is 4.29. The fraction of sp³-hybridized carbons (Fsp3) is 0.0400. The molecule has 0 aromatic heterocycles. The first-order valence-corrected chi connectivity index (χ1v) is 11.9. The van der Waals surface area contributed by atoms with E-state index < -0.39 is 7.26 Å². The molecule has 0 unspecified atom stereocenters. The van der Waals surface area contributed by atoms with Crippen LogP contribution < -0.4 is 15.9 Å². The molecule has 0 spiro atoms. The Morgan fingerprint density at radius 2 is 0.852 bits per heavy atom. The fourth-order valence-electron chi connectivity index (χ4n) is 3.92. The zero-order valence-corrected chi connectivity index (χ0v) is 17.0. The Bertz CT molecular complexity index is 901. The Labute approximate surface area is 167 Å². The second-order valence-corrected chi connectivity index (χ2v) is 11.2. The molecule has 0 aliphatic carbocycles. The van der Waals surface area contributed by atoms with Crippen molar-refractivity contribution in [3.05, 3.63) is 121 Å². The van der Waals surface area contributed by atoms with Crippen LogP contribution in [-0.2, 0) is 6.16 Å². The topological polar surface area (TPSA) is 0 Å². The quantitative estimate of drug-likeness (QED) is 0.354. The maximum absolute atomic E-state index is 4.77. The summed E-state index contributed by atoms with van der Waals surface area (Å²) >= 11 is 4.77. The minimum atomic E-state index is -2.24. The van der Waals surface area contributed by atoms with Crippen LogP contribution in [0.15, 0.2) is 120 Å². The minimum absolute atomic E-state index is 0.991. The molecule has 0 aliphatic heterocycles. The summed E-state index contributed by atoms with van der Waals surface area (Å²) in [6, 6.07) is 41.6. The van der Waals surface area contributed by atoms with Gasteiger partial charge in [-0.05, 0) is 0 Å². The molecule has 27 heavy (non-hydrogen) atoms. The van der Waals surface area contributed by atoms with E-state index in [1.807, 2.05) is 0 Å². The fourth-order valence-corrected chi connectivity index (χ4v) is 9.09. The molecule has 0 nitrogen and oxygen atoms in total. The van der Waals surface area contributed by atoms with Crippen molar-refractivity contribution in [2.45, 2.75) is 11.1 Å². The van der Waals surface area contributed by atoms with Crippen molar-refractivity contribution in [3.63, 3.8) is 0 Å². The SMILES string of the molecule is Sc1ccccc1C[PH](c1ccccc1)(c1ccccc1)c1ccccc1. The van der Waals surface area contributed by atoms with Crippen LogP contribution >= 0.6 is 19.9 Å². The Morgan fingerprint density at radius 1 is 0.481 bits per heavy atom. The predicted octanol–water partition coefficient (Wildman–Crippen LogP) is 5.20. The van der Waals surface area contributed by atoms with Crippen molar-refractivity contribution < 1.29 is 0 Å². The Hall–Kier alpha value is -2.34. The van der Waals surface area contributed by atoms with Gasteiger partial charge in [0.1, 0.15) is 0 Å². The zero-order valence-electron chi connectivity index (χ0n) is 15.1. The van der Waals surface area contributed by atoms with Gasteiger partial charge in [0, 0.05) is 0 Å². The number of rotatable bonds is 5. The summed E-state index contributed by atoms with van der Waals surface area (Å²) in [6.07, 6.45) is 0.991. The average Bonchev–Trinajstić information content (AvgIpc) is 2.75. The van der Waals surface area contributed by atoms with Gasteiger partial charge in [0.2, 0.25) is 0 Å². The molecule has 0 amide bonds. The summed E-state index contributed by atoms with van der Waals surface area (Å²) in [5.41, 5.74) is 1.31. The van der Waals surface area contributed by atoms with E-state index in [0.29, 0.717) is 0 Å². The van der Waals surface area contributed by atoms with Crippen LogP contribution in [0.25, 0.3) is 0 Å². The molecule has 0 heterocycles. The standard InChI is InChI=1S/C25H23PS/c27-25-19-11-10-12-21(25)20-26(22-13-4-1-5-14-22,23-15-6-2-7-16-23)24-17-8-3-9-18-24/h1-19,26-27H,20H2. The molecule has 0 saturated carbocycles. The normalized spacial score (nSPS) is 11.9. The van der Waals surface area contributed by atoms with Crippen molar-refractivity contribution in [2.24, 2.45) is 0 Å². The Kier molecular flexibility index (Phi) is 5.43. The molecule has 4 aromatic carbocycles. The van der Waals surface area contributed by atoms with E-state index >= 15 is 0 Å². The summed E-state index contributed by atoms with van der Waals surface area (Å²) in [4.78, 5) is 1.07. The van der Waals surface area contributed by atoms with Crippen molar-refractivity contribution in [1.29, 1.82) is 0 Å². The van der Waals surface area contributed by atoms with Gasteiger partial charge in [-0.1, -0.05) is 0 Å². The van der Waals surface area contributed by atoms with Crippen molar-refractivity contribution >= 4 is 35.8 Å². The second-order valence-electron chi connectivity index (χ2n) is 6.81. The third-order valence-corrected chi connectivity index (χ3v) is 10.6. The summed E-state index contributed by atoms with van der Waals surface area (Å²) in [5.74, 6) is 0. The van der Waals surface area contributed by atoms with Crippen molar-refractivity contribution in [3.8, 4) is 0 Å². The number of hydrogen-bond donors (Lipinski definition) is 1. The Morgan fingerprint density at radius 3 is 1.26 bits per heavy atom. The van der Waals surface area contributed by atoms with Gasteiger partial charge < -0.3 is 0 Å². The molecule has 4 rings (SSSR count). The molecule has 4 aromatic rings. The third kappa shape index (κ3) is 3.58. The van der Waals surface area contributed by atoms with Crippen LogP contribution in [0.1, 0.15) is 5.56 Å². The second kappa shape index (κ2) is 8.13. The van der Waals surface area contributed by atoms with Gasteiger partial charge >= 0.3 is 168 Å². The van der Waals surface area contributed by atoms with E-state index in [9.17, 15) is 0 Å². The van der Waals surface area contributed by atoms with Gasteiger partial charge in [0.25, 0.3) is 0 Å². The van der Waals surface area contributed by atoms with Crippen LogP contribution in [0.2, 0.25) is 0 Å². The first-order valence-electron chi connectivity index (χ1n) is 9.24. The molecule has 0 bridgehead atoms. The third-order valence-electron chi connectivity index (χ3n) is 5.25. The van der Waals surface area contributed by atoms with Crippen LogP contribution in [0.4, 0.5) is 0 Å². The maximum atomic E-state index is 4.77. The Balaban J connectivity index is 2.02. The van der Waals surface area contributed by atoms with E-state index in [4.69, 9.17) is 12.6 Å². The van der Waals surface area contributed by atoms with Crippen LogP contribution in [0.5, 0.6) is 0 Å². The van der Waals surface area contributed by atoms with Gasteiger partial charge in [-0.25, -0.2) is 0 Å². The molecule has 0 N–H and O–H groups in total. The number of hydrogen-bond acceptors (Lipinski definition) is 1. The molecule has 0 radical (unpaired) electrons. The van der Waals surface area contributed by atoms with E-state index in [1.165, 1.54) is 21.5 Å². The molecule has 0 aliphatic rings. The molecule has 2 heteroatoms. The molecule has 0 fully saturated rings. The number of thiol groups is 1. The zero-order chi connectivity index (χ0) is 18.5. The van der Waals surface area contributed by atoms with E-state index in [1.54, 1.807) is 0 Å². The van der Waals surface area contributed by atoms with Crippen molar-refractivity contribution in [2.75, 3.05) is 0 Å². The molecule has 134 valence electrons. The summed E-state index contributed by atoms with van der Waals surface area (Å²) < 4.78 is 0. The molecular formula is C25H23PS. The summed E-state index contributed by atoms with van der Waals surface area (Å²) in [7, 11) is -2.24. The van der Waals surface area contributed by atoms with Crippen LogP contribution in [-0.4, -0.2) is 0 Å². The van der Waals surface area contributed by atoms with E-state index in [0.717, 1.165) is 11.1 Å². The molecule has 0 atom stereocenters. The average molecular weight is 387 g/mol. The van der Waals surface area contributed by atoms with Gasteiger partial charge in [-0.2, -0.15) is 0 Å².